The first-order valence-corrected chi connectivity index (χ1v) is 7.89. The van der Waals surface area contributed by atoms with Crippen molar-refractivity contribution in [1.29, 1.82) is 0 Å². The number of hydrogen-bond donors (Lipinski definition) is 1. The summed E-state index contributed by atoms with van der Waals surface area (Å²) in [6.45, 7) is 0.167. The fraction of sp³-hybridized carbons (Fsp3) is 0.533. The molecule has 116 valence electrons. The Labute approximate surface area is 132 Å². The van der Waals surface area contributed by atoms with Crippen LogP contribution in [0.4, 0.5) is 4.39 Å². The minimum Gasteiger partial charge on any atom is -0.483 e. The summed E-state index contributed by atoms with van der Waals surface area (Å²) in [5.74, 6) is -0.0827. The summed E-state index contributed by atoms with van der Waals surface area (Å²) >= 11 is 3.20. The second-order valence-corrected chi connectivity index (χ2v) is 5.97. The van der Waals surface area contributed by atoms with E-state index in [2.05, 4.69) is 15.9 Å². The fourth-order valence-corrected chi connectivity index (χ4v) is 3.11. The Bertz CT molecular complexity index is 492. The lowest BCUT2D eigenvalue weighted by Gasteiger charge is -2.28. The van der Waals surface area contributed by atoms with Gasteiger partial charge in [0.1, 0.15) is 11.6 Å². The lowest BCUT2D eigenvalue weighted by molar-refractivity contribution is -0.136. The molecule has 0 spiro atoms. The Morgan fingerprint density at radius 3 is 2.76 bits per heavy atom. The van der Waals surface area contributed by atoms with Gasteiger partial charge in [-0.25, -0.2) is 4.39 Å². The Morgan fingerprint density at radius 1 is 1.43 bits per heavy atom. The van der Waals surface area contributed by atoms with Crippen molar-refractivity contribution in [3.05, 3.63) is 28.5 Å². The minimum atomic E-state index is -0.367. The average molecular weight is 360 g/mol. The van der Waals surface area contributed by atoms with Gasteiger partial charge in [0.15, 0.2) is 6.61 Å². The van der Waals surface area contributed by atoms with Crippen LogP contribution in [0.5, 0.6) is 5.75 Å². The zero-order valence-corrected chi connectivity index (χ0v) is 13.3. The van der Waals surface area contributed by atoms with Crippen molar-refractivity contribution in [3.8, 4) is 5.75 Å². The quantitative estimate of drug-likeness (QED) is 0.849. The minimum absolute atomic E-state index is 0.0531. The standard InChI is InChI=1S/C15H19BrFNO3/c16-13-9-11(17)5-6-14(13)21-10-15(20)18(7-8-19)12-3-1-2-4-12/h5-6,9,12,19H,1-4,7-8,10H2. The van der Waals surface area contributed by atoms with Crippen molar-refractivity contribution < 1.29 is 19.0 Å². The number of halogens is 2. The maximum absolute atomic E-state index is 13.0. The predicted molar refractivity (Wildman–Crippen MR) is 80.6 cm³/mol. The van der Waals surface area contributed by atoms with E-state index in [4.69, 9.17) is 9.84 Å². The van der Waals surface area contributed by atoms with Crippen molar-refractivity contribution in [2.75, 3.05) is 19.8 Å². The smallest absolute Gasteiger partial charge is 0.260 e. The molecule has 21 heavy (non-hydrogen) atoms. The Kier molecular flexibility index (Phi) is 5.99. The molecule has 0 radical (unpaired) electrons. The molecule has 1 aromatic rings. The molecule has 0 bridgehead atoms. The summed E-state index contributed by atoms with van der Waals surface area (Å²) < 4.78 is 18.9. The monoisotopic (exact) mass is 359 g/mol. The lowest BCUT2D eigenvalue weighted by atomic mass is 10.2. The summed E-state index contributed by atoms with van der Waals surface area (Å²) in [6.07, 6.45) is 4.19. The number of hydrogen-bond acceptors (Lipinski definition) is 3. The van der Waals surface area contributed by atoms with Crippen LogP contribution >= 0.6 is 15.9 Å². The van der Waals surface area contributed by atoms with Crippen molar-refractivity contribution in [2.45, 2.75) is 31.7 Å². The number of aliphatic hydroxyl groups is 1. The van der Waals surface area contributed by atoms with E-state index in [0.717, 1.165) is 25.7 Å². The Morgan fingerprint density at radius 2 is 2.14 bits per heavy atom. The number of carbonyl (C=O) groups is 1. The van der Waals surface area contributed by atoms with Gasteiger partial charge in [0.2, 0.25) is 0 Å². The van der Waals surface area contributed by atoms with E-state index in [1.54, 1.807) is 4.90 Å². The molecule has 0 aromatic heterocycles. The molecule has 2 rings (SSSR count). The predicted octanol–water partition coefficient (Wildman–Crippen LogP) is 2.73. The van der Waals surface area contributed by atoms with Crippen molar-refractivity contribution in [3.63, 3.8) is 0 Å². The normalized spacial score (nSPS) is 15.2. The molecular weight excluding hydrogens is 341 g/mol. The second-order valence-electron chi connectivity index (χ2n) is 5.11. The van der Waals surface area contributed by atoms with Crippen molar-refractivity contribution >= 4 is 21.8 Å². The molecule has 1 fully saturated rings. The van der Waals surface area contributed by atoms with Gasteiger partial charge >= 0.3 is 0 Å². The number of amides is 1. The van der Waals surface area contributed by atoms with Gasteiger partial charge in [-0.15, -0.1) is 0 Å². The molecule has 4 nitrogen and oxygen atoms in total. The summed E-state index contributed by atoms with van der Waals surface area (Å²) in [7, 11) is 0. The van der Waals surface area contributed by atoms with Crippen LogP contribution in [-0.4, -0.2) is 41.7 Å². The largest absolute Gasteiger partial charge is 0.483 e. The van der Waals surface area contributed by atoms with Crippen LogP contribution in [-0.2, 0) is 4.79 Å². The molecule has 0 saturated heterocycles. The van der Waals surface area contributed by atoms with Gasteiger partial charge in [-0.05, 0) is 47.0 Å². The van der Waals surface area contributed by atoms with Crippen LogP contribution < -0.4 is 4.74 Å². The highest BCUT2D eigenvalue weighted by molar-refractivity contribution is 9.10. The highest BCUT2D eigenvalue weighted by Gasteiger charge is 2.26. The van der Waals surface area contributed by atoms with Gasteiger partial charge in [0, 0.05) is 12.6 Å². The van der Waals surface area contributed by atoms with Gasteiger partial charge in [0.25, 0.3) is 5.91 Å². The van der Waals surface area contributed by atoms with E-state index < -0.39 is 0 Å². The molecule has 0 aliphatic heterocycles. The third kappa shape index (κ3) is 4.41. The maximum atomic E-state index is 13.0. The third-order valence-electron chi connectivity index (χ3n) is 3.67. The van der Waals surface area contributed by atoms with Gasteiger partial charge in [-0.3, -0.25) is 4.79 Å². The van der Waals surface area contributed by atoms with E-state index in [1.165, 1.54) is 18.2 Å². The van der Waals surface area contributed by atoms with Gasteiger partial charge in [0.05, 0.1) is 11.1 Å². The second kappa shape index (κ2) is 7.75. The van der Waals surface area contributed by atoms with Crippen molar-refractivity contribution in [1.82, 2.24) is 4.90 Å². The molecule has 0 heterocycles. The van der Waals surface area contributed by atoms with Crippen LogP contribution in [0, 0.1) is 5.82 Å². The van der Waals surface area contributed by atoms with Crippen LogP contribution in [0.15, 0.2) is 22.7 Å². The molecule has 1 saturated carbocycles. The lowest BCUT2D eigenvalue weighted by Crippen LogP contribution is -2.43. The molecule has 1 aromatic carbocycles. The number of rotatable bonds is 6. The van der Waals surface area contributed by atoms with E-state index in [9.17, 15) is 9.18 Å². The third-order valence-corrected chi connectivity index (χ3v) is 4.29. The van der Waals surface area contributed by atoms with E-state index in [0.29, 0.717) is 16.8 Å². The zero-order valence-electron chi connectivity index (χ0n) is 11.7. The Hall–Kier alpha value is -1.14. The van der Waals surface area contributed by atoms with Gasteiger partial charge < -0.3 is 14.7 Å². The number of nitrogens with zero attached hydrogens (tertiary/aromatic N) is 1. The summed E-state index contributed by atoms with van der Waals surface area (Å²) in [6, 6.07) is 4.26. The first-order chi connectivity index (χ1) is 10.1. The summed E-state index contributed by atoms with van der Waals surface area (Å²) in [5, 5.41) is 9.12. The van der Waals surface area contributed by atoms with Gasteiger partial charge in [-0.1, -0.05) is 12.8 Å². The molecule has 0 atom stereocenters. The Balaban J connectivity index is 1.95. The zero-order chi connectivity index (χ0) is 15.2. The average Bonchev–Trinajstić information content (AvgIpc) is 2.97. The molecular formula is C15H19BrFNO3. The van der Waals surface area contributed by atoms with E-state index >= 15 is 0 Å². The number of ether oxygens (including phenoxy) is 1. The maximum Gasteiger partial charge on any atom is 0.260 e. The van der Waals surface area contributed by atoms with Crippen LogP contribution in [0.2, 0.25) is 0 Å². The SMILES string of the molecule is O=C(COc1ccc(F)cc1Br)N(CCO)C1CCCC1. The summed E-state index contributed by atoms with van der Waals surface area (Å²) in [5.41, 5.74) is 0. The molecule has 1 amide bonds. The van der Waals surface area contributed by atoms with Crippen LogP contribution in [0.1, 0.15) is 25.7 Å². The van der Waals surface area contributed by atoms with Crippen LogP contribution in [0.25, 0.3) is 0 Å². The fourth-order valence-electron chi connectivity index (χ4n) is 2.65. The molecule has 1 aliphatic carbocycles. The van der Waals surface area contributed by atoms with Crippen molar-refractivity contribution in [2.24, 2.45) is 0 Å². The number of carbonyl (C=O) groups excluding carboxylic acids is 1. The first kappa shape index (κ1) is 16.2. The van der Waals surface area contributed by atoms with E-state index in [1.807, 2.05) is 0 Å². The summed E-state index contributed by atoms with van der Waals surface area (Å²) in [4.78, 5) is 14.0. The molecule has 6 heteroatoms. The highest BCUT2D eigenvalue weighted by atomic mass is 79.9. The first-order valence-electron chi connectivity index (χ1n) is 7.10. The number of benzene rings is 1. The molecule has 0 unspecified atom stereocenters. The molecule has 1 aliphatic rings. The topological polar surface area (TPSA) is 49.8 Å². The van der Waals surface area contributed by atoms with E-state index in [-0.39, 0.29) is 31.0 Å². The highest BCUT2D eigenvalue weighted by Crippen LogP contribution is 2.26. The van der Waals surface area contributed by atoms with Gasteiger partial charge in [-0.2, -0.15) is 0 Å². The number of aliphatic hydroxyl groups excluding tert-OH is 1. The van der Waals surface area contributed by atoms with Crippen LogP contribution in [0.3, 0.4) is 0 Å². The molecule has 1 N–H and O–H groups in total.